The standard InChI is InChI=1S/C24H31N3O3/c1-16-10-11-20(13-17(16)2)25-23(28)22-14-21(26-30-22)19-9-6-12-27(15-19)24(29)18-7-4-3-5-8-18/h10-11,13-14,18-19H,3-9,12,15H2,1-2H3,(H,25,28). The summed E-state index contributed by atoms with van der Waals surface area (Å²) in [6.45, 7) is 5.54. The second-order valence-corrected chi connectivity index (χ2v) is 8.83. The Morgan fingerprint density at radius 2 is 1.83 bits per heavy atom. The Morgan fingerprint density at radius 3 is 2.60 bits per heavy atom. The molecular weight excluding hydrogens is 378 g/mol. The topological polar surface area (TPSA) is 75.4 Å². The minimum Gasteiger partial charge on any atom is -0.351 e. The van der Waals surface area contributed by atoms with Crippen LogP contribution in [0.3, 0.4) is 0 Å². The first-order valence-corrected chi connectivity index (χ1v) is 11.2. The van der Waals surface area contributed by atoms with Crippen LogP contribution in [0.4, 0.5) is 5.69 Å². The van der Waals surface area contributed by atoms with Gasteiger partial charge in [0.2, 0.25) is 11.7 Å². The number of rotatable bonds is 4. The molecule has 6 nitrogen and oxygen atoms in total. The molecule has 2 amide bonds. The van der Waals surface area contributed by atoms with Gasteiger partial charge in [0.05, 0.1) is 5.69 Å². The Balaban J connectivity index is 1.39. The van der Waals surface area contributed by atoms with Gasteiger partial charge in [-0.25, -0.2) is 0 Å². The van der Waals surface area contributed by atoms with E-state index in [9.17, 15) is 9.59 Å². The highest BCUT2D eigenvalue weighted by atomic mass is 16.5. The number of likely N-dealkylation sites (tertiary alicyclic amines) is 1. The Hall–Kier alpha value is -2.63. The van der Waals surface area contributed by atoms with Crippen molar-refractivity contribution >= 4 is 17.5 Å². The fourth-order valence-electron chi connectivity index (χ4n) is 4.63. The van der Waals surface area contributed by atoms with Crippen LogP contribution >= 0.6 is 0 Å². The summed E-state index contributed by atoms with van der Waals surface area (Å²) >= 11 is 0. The quantitative estimate of drug-likeness (QED) is 0.785. The molecule has 2 heterocycles. The highest BCUT2D eigenvalue weighted by molar-refractivity contribution is 6.02. The van der Waals surface area contributed by atoms with E-state index in [-0.39, 0.29) is 23.5 Å². The monoisotopic (exact) mass is 409 g/mol. The predicted octanol–water partition coefficient (Wildman–Crippen LogP) is 4.83. The zero-order valence-electron chi connectivity index (χ0n) is 17.9. The van der Waals surface area contributed by atoms with Crippen molar-refractivity contribution in [3.63, 3.8) is 0 Å². The van der Waals surface area contributed by atoms with Gasteiger partial charge in [-0.3, -0.25) is 9.59 Å². The Bertz CT molecular complexity index is 914. The van der Waals surface area contributed by atoms with Crippen LogP contribution in [0.5, 0.6) is 0 Å². The molecule has 1 saturated carbocycles. The number of nitrogens with one attached hydrogen (secondary N) is 1. The number of nitrogens with zero attached hydrogens (tertiary/aromatic N) is 2. The van der Waals surface area contributed by atoms with Crippen LogP contribution in [-0.4, -0.2) is 35.0 Å². The lowest BCUT2D eigenvalue weighted by molar-refractivity contribution is -0.137. The fourth-order valence-corrected chi connectivity index (χ4v) is 4.63. The number of anilines is 1. The van der Waals surface area contributed by atoms with Crippen LogP contribution in [0, 0.1) is 19.8 Å². The lowest BCUT2D eigenvalue weighted by Gasteiger charge is -2.35. The molecule has 1 saturated heterocycles. The molecule has 0 spiro atoms. The van der Waals surface area contributed by atoms with E-state index in [1.807, 2.05) is 36.9 Å². The maximum Gasteiger partial charge on any atom is 0.294 e. The van der Waals surface area contributed by atoms with Crippen LogP contribution in [0.15, 0.2) is 28.8 Å². The summed E-state index contributed by atoms with van der Waals surface area (Å²) in [7, 11) is 0. The smallest absolute Gasteiger partial charge is 0.294 e. The van der Waals surface area contributed by atoms with Gasteiger partial charge in [-0.2, -0.15) is 0 Å². The molecule has 2 aromatic rings. The van der Waals surface area contributed by atoms with Crippen molar-refractivity contribution in [2.45, 2.75) is 64.7 Å². The number of hydrogen-bond acceptors (Lipinski definition) is 4. The molecule has 30 heavy (non-hydrogen) atoms. The van der Waals surface area contributed by atoms with E-state index in [4.69, 9.17) is 4.52 Å². The minimum absolute atomic E-state index is 0.123. The summed E-state index contributed by atoms with van der Waals surface area (Å²) in [5.41, 5.74) is 3.81. The lowest BCUT2D eigenvalue weighted by atomic mass is 9.87. The number of hydrogen-bond donors (Lipinski definition) is 1. The average molecular weight is 410 g/mol. The molecule has 1 aliphatic carbocycles. The SMILES string of the molecule is Cc1ccc(NC(=O)c2cc(C3CCCN(C(=O)C4CCCCC4)C3)no2)cc1C. The molecule has 2 fully saturated rings. The number of aryl methyl sites for hydroxylation is 2. The largest absolute Gasteiger partial charge is 0.351 e. The summed E-state index contributed by atoms with van der Waals surface area (Å²) in [5, 5.41) is 7.04. The first-order chi connectivity index (χ1) is 14.5. The predicted molar refractivity (Wildman–Crippen MR) is 116 cm³/mol. The molecule has 1 aromatic carbocycles. The first-order valence-electron chi connectivity index (χ1n) is 11.2. The summed E-state index contributed by atoms with van der Waals surface area (Å²) in [4.78, 5) is 27.5. The van der Waals surface area contributed by atoms with Gasteiger partial charge in [-0.15, -0.1) is 0 Å². The molecule has 1 N–H and O–H groups in total. The van der Waals surface area contributed by atoms with Gasteiger partial charge in [0.1, 0.15) is 0 Å². The molecule has 2 aliphatic rings. The fraction of sp³-hybridized carbons (Fsp3) is 0.542. The van der Waals surface area contributed by atoms with Gasteiger partial charge in [0, 0.05) is 36.7 Å². The van der Waals surface area contributed by atoms with E-state index in [0.717, 1.165) is 62.0 Å². The Morgan fingerprint density at radius 1 is 1.03 bits per heavy atom. The maximum absolute atomic E-state index is 12.9. The number of piperidine rings is 1. The van der Waals surface area contributed by atoms with Gasteiger partial charge >= 0.3 is 0 Å². The summed E-state index contributed by atoms with van der Waals surface area (Å²) < 4.78 is 5.35. The van der Waals surface area contributed by atoms with Crippen LogP contribution < -0.4 is 5.32 Å². The number of carbonyl (C=O) groups is 2. The zero-order chi connectivity index (χ0) is 21.1. The van der Waals surface area contributed by atoms with Gasteiger partial charge in [-0.1, -0.05) is 30.5 Å². The normalized spacial score (nSPS) is 20.2. The molecule has 6 heteroatoms. The molecule has 1 aromatic heterocycles. The highest BCUT2D eigenvalue weighted by Gasteiger charge is 2.31. The Kier molecular flexibility index (Phi) is 6.21. The van der Waals surface area contributed by atoms with Crippen LogP contribution in [0.2, 0.25) is 0 Å². The van der Waals surface area contributed by atoms with Crippen LogP contribution in [0.1, 0.15) is 78.2 Å². The lowest BCUT2D eigenvalue weighted by Crippen LogP contribution is -2.42. The summed E-state index contributed by atoms with van der Waals surface area (Å²) in [5.74, 6) is 0.518. The van der Waals surface area contributed by atoms with Gasteiger partial charge in [0.15, 0.2) is 0 Å². The van der Waals surface area contributed by atoms with Crippen molar-refractivity contribution in [3.05, 3.63) is 46.8 Å². The van der Waals surface area contributed by atoms with E-state index < -0.39 is 0 Å². The number of amides is 2. The van der Waals surface area contributed by atoms with Gasteiger partial charge < -0.3 is 14.7 Å². The van der Waals surface area contributed by atoms with Crippen molar-refractivity contribution in [3.8, 4) is 0 Å². The molecule has 4 rings (SSSR count). The Labute approximate surface area is 178 Å². The molecule has 1 atom stereocenters. The molecule has 160 valence electrons. The molecule has 0 radical (unpaired) electrons. The highest BCUT2D eigenvalue weighted by Crippen LogP contribution is 2.31. The van der Waals surface area contributed by atoms with E-state index in [2.05, 4.69) is 10.5 Å². The summed E-state index contributed by atoms with van der Waals surface area (Å²) in [6, 6.07) is 7.54. The maximum atomic E-state index is 12.9. The van der Waals surface area contributed by atoms with Crippen LogP contribution in [-0.2, 0) is 4.79 Å². The van der Waals surface area contributed by atoms with Crippen molar-refractivity contribution in [1.82, 2.24) is 10.1 Å². The minimum atomic E-state index is -0.303. The van der Waals surface area contributed by atoms with E-state index >= 15 is 0 Å². The van der Waals surface area contributed by atoms with E-state index in [1.165, 1.54) is 12.0 Å². The molecule has 1 aliphatic heterocycles. The number of benzene rings is 1. The molecule has 1 unspecified atom stereocenters. The zero-order valence-corrected chi connectivity index (χ0v) is 17.9. The van der Waals surface area contributed by atoms with Crippen molar-refractivity contribution in [1.29, 1.82) is 0 Å². The van der Waals surface area contributed by atoms with Crippen molar-refractivity contribution < 1.29 is 14.1 Å². The van der Waals surface area contributed by atoms with E-state index in [0.29, 0.717) is 12.5 Å². The van der Waals surface area contributed by atoms with Crippen LogP contribution in [0.25, 0.3) is 0 Å². The molecular formula is C24H31N3O3. The molecule has 0 bridgehead atoms. The number of carbonyl (C=O) groups excluding carboxylic acids is 2. The average Bonchev–Trinajstić information content (AvgIpc) is 3.27. The first kappa shape index (κ1) is 20.6. The third-order valence-corrected chi connectivity index (χ3v) is 6.62. The second kappa shape index (κ2) is 9.02. The number of aromatic nitrogens is 1. The second-order valence-electron chi connectivity index (χ2n) is 8.83. The van der Waals surface area contributed by atoms with Gasteiger partial charge in [-0.05, 0) is 62.8 Å². The third-order valence-electron chi connectivity index (χ3n) is 6.62. The third kappa shape index (κ3) is 4.58. The van der Waals surface area contributed by atoms with E-state index in [1.54, 1.807) is 6.07 Å². The summed E-state index contributed by atoms with van der Waals surface area (Å²) in [6.07, 6.45) is 7.53. The van der Waals surface area contributed by atoms with Crippen molar-refractivity contribution in [2.75, 3.05) is 18.4 Å². The van der Waals surface area contributed by atoms with Crippen molar-refractivity contribution in [2.24, 2.45) is 5.92 Å². The van der Waals surface area contributed by atoms with Gasteiger partial charge in [0.25, 0.3) is 5.91 Å².